The van der Waals surface area contributed by atoms with Crippen molar-refractivity contribution in [2.75, 3.05) is 12.4 Å². The number of halogens is 1. The lowest BCUT2D eigenvalue weighted by molar-refractivity contribution is 0.385. The molecule has 0 aliphatic heterocycles. The quantitative estimate of drug-likeness (QED) is 0.257. The van der Waals surface area contributed by atoms with E-state index in [1.54, 1.807) is 36.4 Å². The monoisotopic (exact) mass is 434 g/mol. The van der Waals surface area contributed by atoms with Crippen LogP contribution in [-0.2, 0) is 0 Å². The molecule has 0 bridgehead atoms. The van der Waals surface area contributed by atoms with Crippen LogP contribution < -0.4 is 21.5 Å². The number of ether oxygens (including phenoxy) is 1. The molecule has 2 aromatic carbocycles. The van der Waals surface area contributed by atoms with Crippen LogP contribution in [0.25, 0.3) is 5.95 Å². The molecule has 2 heterocycles. The van der Waals surface area contributed by atoms with Gasteiger partial charge in [0.15, 0.2) is 17.4 Å². The predicted molar refractivity (Wildman–Crippen MR) is 116 cm³/mol. The summed E-state index contributed by atoms with van der Waals surface area (Å²) in [6.45, 7) is 0. The highest BCUT2D eigenvalue weighted by Crippen LogP contribution is 2.28. The van der Waals surface area contributed by atoms with Crippen LogP contribution >= 0.6 is 0 Å². The first-order valence-electron chi connectivity index (χ1n) is 9.47. The highest BCUT2D eigenvalue weighted by Gasteiger charge is 2.22. The summed E-state index contributed by atoms with van der Waals surface area (Å²) in [6.07, 6.45) is 3.00. The molecule has 10 nitrogen and oxygen atoms in total. The number of aromatic amines is 1. The van der Waals surface area contributed by atoms with Gasteiger partial charge < -0.3 is 15.8 Å². The van der Waals surface area contributed by atoms with E-state index >= 15 is 0 Å². The molecular formula is C21H19FN8O2. The number of nitrogens with zero attached hydrogens (tertiary/aromatic N) is 4. The first-order valence-corrected chi connectivity index (χ1v) is 9.47. The van der Waals surface area contributed by atoms with E-state index in [2.05, 4.69) is 25.4 Å². The van der Waals surface area contributed by atoms with Crippen molar-refractivity contribution < 1.29 is 9.13 Å². The number of nitrogens with two attached hydrogens (primary N) is 1. The van der Waals surface area contributed by atoms with Gasteiger partial charge in [-0.25, -0.2) is 19.2 Å². The fourth-order valence-electron chi connectivity index (χ4n) is 3.08. The number of hydrogen-bond acceptors (Lipinski definition) is 7. The summed E-state index contributed by atoms with van der Waals surface area (Å²) in [7, 11) is 1.37. The van der Waals surface area contributed by atoms with Gasteiger partial charge in [-0.3, -0.25) is 10.4 Å². The second-order valence-corrected chi connectivity index (χ2v) is 6.74. The molecule has 4 rings (SSSR count). The van der Waals surface area contributed by atoms with E-state index in [9.17, 15) is 9.18 Å². The molecule has 1 unspecified atom stereocenters. The lowest BCUT2D eigenvalue weighted by atomic mass is 10.0. The Kier molecular flexibility index (Phi) is 5.62. The van der Waals surface area contributed by atoms with Gasteiger partial charge in [-0.05, 0) is 48.0 Å². The zero-order valence-corrected chi connectivity index (χ0v) is 16.9. The van der Waals surface area contributed by atoms with Gasteiger partial charge in [0, 0.05) is 23.6 Å². The Morgan fingerprint density at radius 1 is 1.22 bits per heavy atom. The molecule has 2 aromatic heterocycles. The number of benzene rings is 2. The minimum absolute atomic E-state index is 0.0504. The number of nitrogen functional groups attached to an aromatic ring is 1. The van der Waals surface area contributed by atoms with Crippen LogP contribution in [0, 0.1) is 11.2 Å². The van der Waals surface area contributed by atoms with E-state index in [0.29, 0.717) is 16.8 Å². The Balaban J connectivity index is 1.77. The molecular weight excluding hydrogens is 415 g/mol. The zero-order chi connectivity index (χ0) is 22.7. The van der Waals surface area contributed by atoms with Crippen LogP contribution in [-0.4, -0.2) is 37.7 Å². The van der Waals surface area contributed by atoms with Gasteiger partial charge in [-0.1, -0.05) is 6.07 Å². The Bertz CT molecular complexity index is 1300. The third-order valence-electron chi connectivity index (χ3n) is 4.67. The molecule has 162 valence electrons. The molecule has 32 heavy (non-hydrogen) atoms. The van der Waals surface area contributed by atoms with E-state index in [4.69, 9.17) is 15.9 Å². The van der Waals surface area contributed by atoms with Crippen molar-refractivity contribution >= 4 is 11.5 Å². The predicted octanol–water partition coefficient (Wildman–Crippen LogP) is 1.98. The SMILES string of the molecule is COc1cc(C(Nc2ccc(C(=N)N)cc2)c2nn(-c3ncccn3)c(=O)[nH]2)ccc1F. The van der Waals surface area contributed by atoms with Gasteiger partial charge in [-0.2, -0.15) is 0 Å². The largest absolute Gasteiger partial charge is 0.494 e. The van der Waals surface area contributed by atoms with Crippen molar-refractivity contribution in [2.45, 2.75) is 6.04 Å². The minimum atomic E-state index is -0.676. The molecule has 0 spiro atoms. The number of aromatic nitrogens is 5. The standard InChI is InChI=1S/C21H19FN8O2/c1-32-16-11-13(5-8-15(16)22)17(27-14-6-3-12(4-7-14)18(23)24)19-28-21(31)30(29-19)20-25-9-2-10-26-20/h2-11,17,27H,1H3,(H3,23,24)(H,28,29,31). The van der Waals surface area contributed by atoms with Crippen molar-refractivity contribution in [3.05, 3.63) is 94.2 Å². The second-order valence-electron chi connectivity index (χ2n) is 6.74. The number of nitrogens with one attached hydrogen (secondary N) is 3. The second kappa shape index (κ2) is 8.68. The van der Waals surface area contributed by atoms with E-state index in [0.717, 1.165) is 4.68 Å². The van der Waals surface area contributed by atoms with Gasteiger partial charge in [0.2, 0.25) is 0 Å². The highest BCUT2D eigenvalue weighted by molar-refractivity contribution is 5.95. The number of H-pyrrole nitrogens is 1. The summed E-state index contributed by atoms with van der Waals surface area (Å²) in [6, 6.07) is 12.2. The van der Waals surface area contributed by atoms with Crippen molar-refractivity contribution in [1.82, 2.24) is 24.7 Å². The van der Waals surface area contributed by atoms with Gasteiger partial charge in [0.05, 0.1) is 7.11 Å². The Labute approximate surface area is 181 Å². The fourth-order valence-corrected chi connectivity index (χ4v) is 3.08. The van der Waals surface area contributed by atoms with Gasteiger partial charge in [-0.15, -0.1) is 9.78 Å². The number of amidine groups is 1. The van der Waals surface area contributed by atoms with Crippen LogP contribution in [0.3, 0.4) is 0 Å². The van der Waals surface area contributed by atoms with Crippen LogP contribution in [0.15, 0.2) is 65.7 Å². The number of hydrogen-bond donors (Lipinski definition) is 4. The normalized spacial score (nSPS) is 11.7. The molecule has 0 saturated carbocycles. The Hall–Kier alpha value is -4.54. The van der Waals surface area contributed by atoms with E-state index in [-0.39, 0.29) is 23.4 Å². The lowest BCUT2D eigenvalue weighted by Gasteiger charge is -2.19. The van der Waals surface area contributed by atoms with E-state index in [1.807, 2.05) is 0 Å². The van der Waals surface area contributed by atoms with Crippen molar-refractivity contribution in [1.29, 1.82) is 5.41 Å². The van der Waals surface area contributed by atoms with Crippen molar-refractivity contribution in [3.63, 3.8) is 0 Å². The van der Waals surface area contributed by atoms with Crippen LogP contribution in [0.1, 0.15) is 23.0 Å². The average molecular weight is 434 g/mol. The molecule has 0 amide bonds. The summed E-state index contributed by atoms with van der Waals surface area (Å²) in [4.78, 5) is 23.4. The molecule has 0 aliphatic carbocycles. The van der Waals surface area contributed by atoms with Gasteiger partial charge >= 0.3 is 5.69 Å². The zero-order valence-electron chi connectivity index (χ0n) is 16.9. The van der Waals surface area contributed by atoms with Crippen LogP contribution in [0.5, 0.6) is 5.75 Å². The minimum Gasteiger partial charge on any atom is -0.494 e. The smallest absolute Gasteiger partial charge is 0.350 e. The lowest BCUT2D eigenvalue weighted by Crippen LogP contribution is -2.18. The molecule has 0 saturated heterocycles. The first kappa shape index (κ1) is 20.7. The highest BCUT2D eigenvalue weighted by atomic mass is 19.1. The Morgan fingerprint density at radius 2 is 1.94 bits per heavy atom. The number of methoxy groups -OCH3 is 1. The summed E-state index contributed by atoms with van der Waals surface area (Å²) < 4.78 is 20.2. The maximum absolute atomic E-state index is 14.0. The summed E-state index contributed by atoms with van der Waals surface area (Å²) >= 11 is 0. The van der Waals surface area contributed by atoms with Crippen molar-refractivity contribution in [3.8, 4) is 11.7 Å². The fraction of sp³-hybridized carbons (Fsp3) is 0.0952. The maximum Gasteiger partial charge on any atom is 0.350 e. The Morgan fingerprint density at radius 3 is 2.59 bits per heavy atom. The van der Waals surface area contributed by atoms with E-state index in [1.165, 1.54) is 31.6 Å². The van der Waals surface area contributed by atoms with Crippen molar-refractivity contribution in [2.24, 2.45) is 5.73 Å². The summed E-state index contributed by atoms with van der Waals surface area (Å²) in [5.41, 5.74) is 6.81. The van der Waals surface area contributed by atoms with Crippen LogP contribution in [0.4, 0.5) is 10.1 Å². The van der Waals surface area contributed by atoms with Crippen LogP contribution in [0.2, 0.25) is 0 Å². The third kappa shape index (κ3) is 4.17. The average Bonchev–Trinajstić information content (AvgIpc) is 3.20. The number of anilines is 1. The third-order valence-corrected chi connectivity index (χ3v) is 4.67. The first-order chi connectivity index (χ1) is 15.5. The van der Waals surface area contributed by atoms with Gasteiger partial charge in [0.25, 0.3) is 5.95 Å². The molecule has 4 aromatic rings. The molecule has 1 atom stereocenters. The maximum atomic E-state index is 14.0. The number of rotatable bonds is 7. The molecule has 0 aliphatic rings. The molecule has 0 fully saturated rings. The topological polar surface area (TPSA) is 148 Å². The van der Waals surface area contributed by atoms with E-state index < -0.39 is 17.5 Å². The summed E-state index contributed by atoms with van der Waals surface area (Å²) in [5.74, 6) is -0.151. The molecule has 11 heteroatoms. The van der Waals surface area contributed by atoms with Gasteiger partial charge in [0.1, 0.15) is 11.9 Å². The molecule has 0 radical (unpaired) electrons. The summed E-state index contributed by atoms with van der Waals surface area (Å²) in [5, 5.41) is 15.1. The molecule has 5 N–H and O–H groups in total.